The van der Waals surface area contributed by atoms with Gasteiger partial charge in [0.1, 0.15) is 6.54 Å². The first kappa shape index (κ1) is 22.7. The van der Waals surface area contributed by atoms with Gasteiger partial charge in [0.25, 0.3) is 0 Å². The minimum atomic E-state index is -1.64. The van der Waals surface area contributed by atoms with Gasteiger partial charge >= 0.3 is 0 Å². The predicted molar refractivity (Wildman–Crippen MR) is 96.2 cm³/mol. The van der Waals surface area contributed by atoms with Crippen molar-refractivity contribution < 1.29 is 27.4 Å². The van der Waals surface area contributed by atoms with Crippen LogP contribution in [-0.4, -0.2) is 58.4 Å². The summed E-state index contributed by atoms with van der Waals surface area (Å²) in [5.41, 5.74) is -0.444. The molecule has 1 amide bonds. The average Bonchev–Trinajstić information content (AvgIpc) is 2.65. The number of carbonyl (C=O) groups excluding carboxylic acids is 1. The number of benzene rings is 1. The van der Waals surface area contributed by atoms with Crippen molar-refractivity contribution in [2.75, 3.05) is 51.9 Å². The Bertz CT molecular complexity index is 630. The van der Waals surface area contributed by atoms with Crippen molar-refractivity contribution in [2.24, 2.45) is 4.99 Å². The van der Waals surface area contributed by atoms with Crippen LogP contribution in [0.2, 0.25) is 0 Å². The summed E-state index contributed by atoms with van der Waals surface area (Å²) in [5, 5.41) is 8.13. The molecular formula is C17H25F3N4O3. The summed E-state index contributed by atoms with van der Waals surface area (Å²) in [6.07, 6.45) is 0.723. The maximum atomic E-state index is 13.5. The molecule has 0 atom stereocenters. The number of hydrogen-bond donors (Lipinski definition) is 3. The molecule has 0 saturated carbocycles. The van der Waals surface area contributed by atoms with Gasteiger partial charge in [-0.3, -0.25) is 4.79 Å². The Morgan fingerprint density at radius 1 is 1.11 bits per heavy atom. The summed E-state index contributed by atoms with van der Waals surface area (Å²) in [6.45, 7) is 4.29. The summed E-state index contributed by atoms with van der Waals surface area (Å²) < 4.78 is 49.8. The minimum absolute atomic E-state index is 0.321. The van der Waals surface area contributed by atoms with Crippen molar-refractivity contribution in [2.45, 2.75) is 13.3 Å². The fourth-order valence-electron chi connectivity index (χ4n) is 1.93. The molecule has 0 aromatic heterocycles. The van der Waals surface area contributed by atoms with Gasteiger partial charge in [-0.15, -0.1) is 0 Å². The molecule has 0 unspecified atom stereocenters. The first-order valence-electron chi connectivity index (χ1n) is 8.51. The zero-order valence-corrected chi connectivity index (χ0v) is 15.4. The van der Waals surface area contributed by atoms with Crippen molar-refractivity contribution in [3.63, 3.8) is 0 Å². The van der Waals surface area contributed by atoms with Crippen LogP contribution < -0.4 is 16.0 Å². The van der Waals surface area contributed by atoms with E-state index in [0.717, 1.165) is 18.6 Å². The lowest BCUT2D eigenvalue weighted by Gasteiger charge is -2.11. The molecule has 0 fully saturated rings. The molecule has 1 rings (SSSR count). The van der Waals surface area contributed by atoms with Crippen LogP contribution in [0.3, 0.4) is 0 Å². The zero-order chi connectivity index (χ0) is 20.1. The number of ether oxygens (including phenoxy) is 2. The second-order valence-electron chi connectivity index (χ2n) is 5.35. The number of carbonyl (C=O) groups is 1. The van der Waals surface area contributed by atoms with Crippen molar-refractivity contribution in [3.05, 3.63) is 29.6 Å². The summed E-state index contributed by atoms with van der Waals surface area (Å²) in [5.74, 6) is -4.69. The molecule has 0 heterocycles. The molecule has 0 radical (unpaired) electrons. The molecule has 152 valence electrons. The van der Waals surface area contributed by atoms with E-state index in [1.165, 1.54) is 0 Å². The number of aliphatic imine (C=N–C) groups is 1. The van der Waals surface area contributed by atoms with Crippen LogP contribution in [0.4, 0.5) is 18.9 Å². The summed E-state index contributed by atoms with van der Waals surface area (Å²) in [7, 11) is 1.60. The number of amides is 1. The second-order valence-corrected chi connectivity index (χ2v) is 5.35. The fraction of sp³-hybridized carbons (Fsp3) is 0.529. The number of hydrogen-bond acceptors (Lipinski definition) is 4. The van der Waals surface area contributed by atoms with Crippen LogP contribution in [0.15, 0.2) is 17.1 Å². The minimum Gasteiger partial charge on any atom is -0.382 e. The highest BCUT2D eigenvalue weighted by atomic mass is 19.2. The highest BCUT2D eigenvalue weighted by Gasteiger charge is 2.15. The maximum Gasteiger partial charge on any atom is 0.246 e. The van der Waals surface area contributed by atoms with Gasteiger partial charge in [0.2, 0.25) is 5.91 Å². The standard InChI is InChI=1S/C17H25F3N4O3/c1-3-21-17(22-7-4-8-27-10-9-26-2)23-11-14(25)24-13-6-5-12(18)15(19)16(13)20/h5-6H,3-4,7-11H2,1-2H3,(H,24,25)(H2,21,22,23). The highest BCUT2D eigenvalue weighted by Crippen LogP contribution is 2.19. The lowest BCUT2D eigenvalue weighted by atomic mass is 10.3. The van der Waals surface area contributed by atoms with Gasteiger partial charge in [0, 0.05) is 26.8 Å². The third-order valence-corrected chi connectivity index (χ3v) is 3.22. The number of guanidine groups is 1. The SMILES string of the molecule is CCNC(=NCC(=O)Nc1ccc(F)c(F)c1F)NCCCOCCOC. The van der Waals surface area contributed by atoms with Crippen LogP contribution in [-0.2, 0) is 14.3 Å². The van der Waals surface area contributed by atoms with E-state index in [-0.39, 0.29) is 6.54 Å². The van der Waals surface area contributed by atoms with Gasteiger partial charge in [-0.25, -0.2) is 18.2 Å². The summed E-state index contributed by atoms with van der Waals surface area (Å²) in [6, 6.07) is 1.68. The normalized spacial score (nSPS) is 11.4. The lowest BCUT2D eigenvalue weighted by molar-refractivity contribution is -0.114. The Morgan fingerprint density at radius 3 is 2.59 bits per heavy atom. The molecule has 0 aliphatic carbocycles. The molecule has 27 heavy (non-hydrogen) atoms. The molecule has 0 aliphatic heterocycles. The zero-order valence-electron chi connectivity index (χ0n) is 15.4. The van der Waals surface area contributed by atoms with E-state index in [2.05, 4.69) is 20.9 Å². The molecular weight excluding hydrogens is 365 g/mol. The Labute approximate surface area is 156 Å². The van der Waals surface area contributed by atoms with E-state index < -0.39 is 29.0 Å². The van der Waals surface area contributed by atoms with Gasteiger partial charge in [0.15, 0.2) is 23.4 Å². The first-order chi connectivity index (χ1) is 13.0. The Morgan fingerprint density at radius 2 is 1.89 bits per heavy atom. The molecule has 0 bridgehead atoms. The number of rotatable bonds is 11. The van der Waals surface area contributed by atoms with Gasteiger partial charge in [0.05, 0.1) is 18.9 Å². The molecule has 10 heteroatoms. The molecule has 1 aromatic rings. The van der Waals surface area contributed by atoms with Crippen molar-refractivity contribution in [3.8, 4) is 0 Å². The number of methoxy groups -OCH3 is 1. The van der Waals surface area contributed by atoms with Gasteiger partial charge in [-0.05, 0) is 25.5 Å². The third-order valence-electron chi connectivity index (χ3n) is 3.22. The number of nitrogens with one attached hydrogen (secondary N) is 3. The Balaban J connectivity index is 2.45. The van der Waals surface area contributed by atoms with Crippen LogP contribution in [0.1, 0.15) is 13.3 Å². The molecule has 1 aromatic carbocycles. The van der Waals surface area contributed by atoms with Crippen LogP contribution in [0, 0.1) is 17.5 Å². The van der Waals surface area contributed by atoms with Gasteiger partial charge < -0.3 is 25.4 Å². The van der Waals surface area contributed by atoms with Crippen molar-refractivity contribution >= 4 is 17.6 Å². The monoisotopic (exact) mass is 390 g/mol. The van der Waals surface area contributed by atoms with E-state index in [1.54, 1.807) is 7.11 Å². The quantitative estimate of drug-likeness (QED) is 0.232. The molecule has 7 nitrogen and oxygen atoms in total. The van der Waals surface area contributed by atoms with E-state index in [1.807, 2.05) is 6.92 Å². The Hall–Kier alpha value is -2.33. The molecule has 0 spiro atoms. The smallest absolute Gasteiger partial charge is 0.246 e. The van der Waals surface area contributed by atoms with Crippen molar-refractivity contribution in [1.82, 2.24) is 10.6 Å². The second kappa shape index (κ2) is 12.9. The average molecular weight is 390 g/mol. The molecule has 0 aliphatic rings. The largest absolute Gasteiger partial charge is 0.382 e. The summed E-state index contributed by atoms with van der Waals surface area (Å²) >= 11 is 0. The highest BCUT2D eigenvalue weighted by molar-refractivity contribution is 5.94. The van der Waals surface area contributed by atoms with E-state index in [0.29, 0.717) is 38.9 Å². The lowest BCUT2D eigenvalue weighted by Crippen LogP contribution is -2.38. The topological polar surface area (TPSA) is 84.0 Å². The fourth-order valence-corrected chi connectivity index (χ4v) is 1.93. The third kappa shape index (κ3) is 8.74. The van der Waals surface area contributed by atoms with E-state index in [4.69, 9.17) is 9.47 Å². The molecule has 0 saturated heterocycles. The Kier molecular flexibility index (Phi) is 10.9. The number of nitrogens with zero attached hydrogens (tertiary/aromatic N) is 1. The van der Waals surface area contributed by atoms with E-state index in [9.17, 15) is 18.0 Å². The number of halogens is 3. The first-order valence-corrected chi connectivity index (χ1v) is 8.51. The maximum absolute atomic E-state index is 13.5. The van der Waals surface area contributed by atoms with Crippen LogP contribution >= 0.6 is 0 Å². The van der Waals surface area contributed by atoms with Gasteiger partial charge in [-0.2, -0.15) is 0 Å². The van der Waals surface area contributed by atoms with Crippen LogP contribution in [0.5, 0.6) is 0 Å². The molecule has 3 N–H and O–H groups in total. The predicted octanol–water partition coefficient (Wildman–Crippen LogP) is 1.65. The van der Waals surface area contributed by atoms with Crippen LogP contribution in [0.25, 0.3) is 0 Å². The number of anilines is 1. The van der Waals surface area contributed by atoms with Crippen molar-refractivity contribution in [1.29, 1.82) is 0 Å². The van der Waals surface area contributed by atoms with E-state index >= 15 is 0 Å². The van der Waals surface area contributed by atoms with Gasteiger partial charge in [-0.1, -0.05) is 0 Å². The summed E-state index contributed by atoms with van der Waals surface area (Å²) in [4.78, 5) is 15.9.